The predicted molar refractivity (Wildman–Crippen MR) is 116 cm³/mol. The third-order valence-corrected chi connectivity index (χ3v) is 7.04. The zero-order chi connectivity index (χ0) is 21.4. The SMILES string of the molecule is C=C1CCC(N2Cc3cc(O[C@@H]4CCC[C@H]4N4CCCOCC4)ccc3C2=O)C(=O)N1. The maximum Gasteiger partial charge on any atom is 0.255 e. The summed E-state index contributed by atoms with van der Waals surface area (Å²) in [4.78, 5) is 29.5. The van der Waals surface area contributed by atoms with Gasteiger partial charge in [-0.1, -0.05) is 6.58 Å². The maximum absolute atomic E-state index is 12.9. The minimum absolute atomic E-state index is 0.0717. The Hall–Kier alpha value is -2.38. The molecule has 0 spiro atoms. The number of nitrogens with zero attached hydrogens (tertiary/aromatic N) is 2. The number of hydrogen-bond donors (Lipinski definition) is 1. The van der Waals surface area contributed by atoms with E-state index in [0.29, 0.717) is 31.0 Å². The smallest absolute Gasteiger partial charge is 0.255 e. The van der Waals surface area contributed by atoms with E-state index in [0.717, 1.165) is 62.6 Å². The van der Waals surface area contributed by atoms with Crippen LogP contribution in [0.3, 0.4) is 0 Å². The highest BCUT2D eigenvalue weighted by Crippen LogP contribution is 2.33. The quantitative estimate of drug-likeness (QED) is 0.803. The van der Waals surface area contributed by atoms with E-state index in [-0.39, 0.29) is 17.9 Å². The molecule has 1 saturated carbocycles. The molecule has 2 saturated heterocycles. The second-order valence-corrected chi connectivity index (χ2v) is 9.06. The van der Waals surface area contributed by atoms with Gasteiger partial charge in [0.15, 0.2) is 0 Å². The van der Waals surface area contributed by atoms with Gasteiger partial charge in [0.1, 0.15) is 17.9 Å². The summed E-state index contributed by atoms with van der Waals surface area (Å²) < 4.78 is 12.1. The van der Waals surface area contributed by atoms with Crippen LogP contribution >= 0.6 is 0 Å². The lowest BCUT2D eigenvalue weighted by Gasteiger charge is -2.31. The minimum Gasteiger partial charge on any atom is -0.489 e. The fourth-order valence-electron chi connectivity index (χ4n) is 5.44. The van der Waals surface area contributed by atoms with E-state index < -0.39 is 6.04 Å². The molecule has 31 heavy (non-hydrogen) atoms. The van der Waals surface area contributed by atoms with Gasteiger partial charge >= 0.3 is 0 Å². The van der Waals surface area contributed by atoms with Gasteiger partial charge in [-0.15, -0.1) is 0 Å². The van der Waals surface area contributed by atoms with E-state index in [4.69, 9.17) is 9.47 Å². The molecule has 2 amide bonds. The average Bonchev–Trinajstić information content (AvgIpc) is 3.22. The first-order valence-corrected chi connectivity index (χ1v) is 11.5. The Morgan fingerprint density at radius 2 is 2.00 bits per heavy atom. The summed E-state index contributed by atoms with van der Waals surface area (Å²) in [6.45, 7) is 7.95. The normalized spacial score (nSPS) is 29.6. The van der Waals surface area contributed by atoms with Crippen molar-refractivity contribution in [1.82, 2.24) is 15.1 Å². The van der Waals surface area contributed by atoms with Crippen LogP contribution in [0.25, 0.3) is 0 Å². The number of rotatable bonds is 4. The molecule has 3 heterocycles. The summed E-state index contributed by atoms with van der Waals surface area (Å²) in [6.07, 6.45) is 5.94. The Morgan fingerprint density at radius 1 is 1.10 bits per heavy atom. The van der Waals surface area contributed by atoms with Gasteiger partial charge in [0, 0.05) is 43.5 Å². The van der Waals surface area contributed by atoms with Gasteiger partial charge in [-0.2, -0.15) is 0 Å². The van der Waals surface area contributed by atoms with Gasteiger partial charge < -0.3 is 19.7 Å². The van der Waals surface area contributed by atoms with Crippen LogP contribution in [0.15, 0.2) is 30.5 Å². The first kappa shape index (κ1) is 20.5. The first-order valence-electron chi connectivity index (χ1n) is 11.5. The molecule has 0 bridgehead atoms. The summed E-state index contributed by atoms with van der Waals surface area (Å²) >= 11 is 0. The van der Waals surface area contributed by atoms with Crippen molar-refractivity contribution in [3.05, 3.63) is 41.6 Å². The highest BCUT2D eigenvalue weighted by atomic mass is 16.5. The van der Waals surface area contributed by atoms with Gasteiger partial charge in [0.2, 0.25) is 5.91 Å². The van der Waals surface area contributed by atoms with Gasteiger partial charge in [-0.05, 0) is 62.3 Å². The molecule has 1 aromatic rings. The molecule has 3 fully saturated rings. The number of nitrogens with one attached hydrogen (secondary N) is 1. The van der Waals surface area contributed by atoms with Gasteiger partial charge in [-0.25, -0.2) is 0 Å². The second-order valence-electron chi connectivity index (χ2n) is 9.06. The van der Waals surface area contributed by atoms with Crippen LogP contribution in [0, 0.1) is 0 Å². The minimum atomic E-state index is -0.431. The van der Waals surface area contributed by atoms with Crippen molar-refractivity contribution in [1.29, 1.82) is 0 Å². The monoisotopic (exact) mass is 425 g/mol. The van der Waals surface area contributed by atoms with E-state index in [9.17, 15) is 9.59 Å². The molecule has 5 rings (SSSR count). The van der Waals surface area contributed by atoms with Crippen molar-refractivity contribution in [3.63, 3.8) is 0 Å². The van der Waals surface area contributed by atoms with Crippen LogP contribution in [0.1, 0.15) is 54.4 Å². The maximum atomic E-state index is 12.9. The number of fused-ring (bicyclic) bond motifs is 1. The number of piperidine rings is 1. The Morgan fingerprint density at radius 3 is 2.87 bits per heavy atom. The zero-order valence-electron chi connectivity index (χ0n) is 18.0. The summed E-state index contributed by atoms with van der Waals surface area (Å²) in [5.41, 5.74) is 2.35. The van der Waals surface area contributed by atoms with E-state index in [1.54, 1.807) is 4.90 Å². The molecule has 166 valence electrons. The fourth-order valence-corrected chi connectivity index (χ4v) is 5.44. The van der Waals surface area contributed by atoms with Crippen LogP contribution in [-0.4, -0.2) is 66.1 Å². The highest BCUT2D eigenvalue weighted by Gasteiger charge is 2.39. The van der Waals surface area contributed by atoms with Gasteiger partial charge in [0.25, 0.3) is 5.91 Å². The molecule has 1 unspecified atom stereocenters. The van der Waals surface area contributed by atoms with Crippen molar-refractivity contribution in [2.45, 2.75) is 63.3 Å². The molecule has 3 aliphatic heterocycles. The van der Waals surface area contributed by atoms with E-state index in [1.165, 1.54) is 6.42 Å². The number of amides is 2. The molecule has 7 heteroatoms. The van der Waals surface area contributed by atoms with Crippen LogP contribution < -0.4 is 10.1 Å². The van der Waals surface area contributed by atoms with Gasteiger partial charge in [0.05, 0.1) is 6.61 Å². The Kier molecular flexibility index (Phi) is 5.71. The lowest BCUT2D eigenvalue weighted by molar-refractivity contribution is -0.126. The number of carbonyl (C=O) groups excluding carboxylic acids is 2. The fraction of sp³-hybridized carbons (Fsp3) is 0.583. The van der Waals surface area contributed by atoms with E-state index in [2.05, 4.69) is 16.8 Å². The van der Waals surface area contributed by atoms with Crippen molar-refractivity contribution in [3.8, 4) is 5.75 Å². The van der Waals surface area contributed by atoms with Crippen molar-refractivity contribution in [2.24, 2.45) is 0 Å². The summed E-state index contributed by atoms with van der Waals surface area (Å²) in [6, 6.07) is 5.75. The lowest BCUT2D eigenvalue weighted by Crippen LogP contribution is -2.49. The van der Waals surface area contributed by atoms with E-state index in [1.807, 2.05) is 18.2 Å². The van der Waals surface area contributed by atoms with Crippen LogP contribution in [-0.2, 0) is 16.1 Å². The number of ether oxygens (including phenoxy) is 2. The Labute approximate surface area is 183 Å². The highest BCUT2D eigenvalue weighted by molar-refractivity contribution is 6.01. The number of carbonyl (C=O) groups is 2. The molecule has 1 N–H and O–H groups in total. The molecule has 4 aliphatic rings. The second kappa shape index (κ2) is 8.63. The van der Waals surface area contributed by atoms with Crippen molar-refractivity contribution in [2.75, 3.05) is 26.3 Å². The molecule has 0 radical (unpaired) electrons. The Balaban J connectivity index is 1.28. The zero-order valence-corrected chi connectivity index (χ0v) is 18.0. The van der Waals surface area contributed by atoms with Crippen LogP contribution in [0.4, 0.5) is 0 Å². The van der Waals surface area contributed by atoms with E-state index >= 15 is 0 Å². The Bertz CT molecular complexity index is 878. The van der Waals surface area contributed by atoms with Crippen molar-refractivity contribution >= 4 is 11.8 Å². The molecule has 1 aliphatic carbocycles. The average molecular weight is 426 g/mol. The lowest BCUT2D eigenvalue weighted by atomic mass is 10.0. The predicted octanol–water partition coefficient (Wildman–Crippen LogP) is 2.46. The number of hydrogen-bond acceptors (Lipinski definition) is 5. The van der Waals surface area contributed by atoms with Crippen LogP contribution in [0.5, 0.6) is 5.75 Å². The third kappa shape index (κ3) is 4.08. The third-order valence-electron chi connectivity index (χ3n) is 7.04. The summed E-state index contributed by atoms with van der Waals surface area (Å²) in [5.74, 6) is 0.611. The topological polar surface area (TPSA) is 71.1 Å². The van der Waals surface area contributed by atoms with Gasteiger partial charge in [-0.3, -0.25) is 14.5 Å². The first-order chi connectivity index (χ1) is 15.1. The van der Waals surface area contributed by atoms with Crippen molar-refractivity contribution < 1.29 is 19.1 Å². The molecule has 1 aromatic carbocycles. The molecule has 3 atom stereocenters. The summed E-state index contributed by atoms with van der Waals surface area (Å²) in [7, 11) is 0. The largest absolute Gasteiger partial charge is 0.489 e. The molecule has 0 aromatic heterocycles. The number of allylic oxidation sites excluding steroid dienone is 1. The molecular formula is C24H31N3O4. The number of benzene rings is 1. The standard InChI is InChI=1S/C24H31N3O4/c1-16-6-9-21(23(28)25-16)27-15-17-14-18(7-8-19(17)24(27)29)31-22-5-2-4-20(22)26-10-3-12-30-13-11-26/h7-8,14,20-22H,1-6,9-13,15H2,(H,25,28)/t20-,21?,22-/m1/s1. The molecule has 7 nitrogen and oxygen atoms in total. The summed E-state index contributed by atoms with van der Waals surface area (Å²) in [5, 5.41) is 2.79. The van der Waals surface area contributed by atoms with Crippen LogP contribution in [0.2, 0.25) is 0 Å². The molecular weight excluding hydrogens is 394 g/mol.